The Balaban J connectivity index is 1.80. The number of hydrogen-bond donors (Lipinski definition) is 2. The van der Waals surface area contributed by atoms with Gasteiger partial charge in [0.2, 0.25) is 21.8 Å². The standard InChI is InChI=1S/C25H27N3O5S/c1-19(29)27-22-12-14-23(15-13-22)34(31,32)28(17-20-8-4-3-5-9-20)18-25(30)26-16-21-10-6-7-11-24(21)33-2/h3-15H,16-18H2,1-2H3,(H,26,30)(H,27,29). The molecule has 178 valence electrons. The molecule has 0 aromatic heterocycles. The van der Waals surface area contributed by atoms with Crippen molar-refractivity contribution >= 4 is 27.5 Å². The van der Waals surface area contributed by atoms with Crippen molar-refractivity contribution in [1.29, 1.82) is 0 Å². The fourth-order valence-corrected chi connectivity index (χ4v) is 4.72. The van der Waals surface area contributed by atoms with Gasteiger partial charge in [-0.3, -0.25) is 9.59 Å². The lowest BCUT2D eigenvalue weighted by atomic mass is 10.2. The average Bonchev–Trinajstić information content (AvgIpc) is 2.83. The van der Waals surface area contributed by atoms with Gasteiger partial charge in [-0.1, -0.05) is 48.5 Å². The lowest BCUT2D eigenvalue weighted by Gasteiger charge is -2.22. The van der Waals surface area contributed by atoms with Gasteiger partial charge in [0.25, 0.3) is 0 Å². The molecule has 9 heteroatoms. The van der Waals surface area contributed by atoms with Crippen molar-refractivity contribution in [2.75, 3.05) is 19.0 Å². The number of anilines is 1. The Hall–Kier alpha value is -3.69. The maximum absolute atomic E-state index is 13.4. The summed E-state index contributed by atoms with van der Waals surface area (Å²) >= 11 is 0. The number of para-hydroxylation sites is 1. The number of carbonyl (C=O) groups is 2. The molecule has 8 nitrogen and oxygen atoms in total. The molecule has 0 fully saturated rings. The molecule has 0 bridgehead atoms. The molecule has 3 aromatic rings. The van der Waals surface area contributed by atoms with Crippen LogP contribution < -0.4 is 15.4 Å². The zero-order chi connectivity index (χ0) is 24.6. The molecule has 2 amide bonds. The van der Waals surface area contributed by atoms with E-state index < -0.39 is 15.9 Å². The zero-order valence-electron chi connectivity index (χ0n) is 19.0. The molecule has 2 N–H and O–H groups in total. The summed E-state index contributed by atoms with van der Waals surface area (Å²) in [6.45, 7) is 1.24. The van der Waals surface area contributed by atoms with Crippen LogP contribution >= 0.6 is 0 Å². The van der Waals surface area contributed by atoms with E-state index in [2.05, 4.69) is 10.6 Å². The summed E-state index contributed by atoms with van der Waals surface area (Å²) in [6, 6.07) is 22.2. The molecule has 34 heavy (non-hydrogen) atoms. The monoisotopic (exact) mass is 481 g/mol. The van der Waals surface area contributed by atoms with Crippen molar-refractivity contribution in [1.82, 2.24) is 9.62 Å². The molecule has 0 aliphatic rings. The Labute approximate surface area is 199 Å². The Morgan fingerprint density at radius 1 is 0.912 bits per heavy atom. The molecule has 3 rings (SSSR count). The van der Waals surface area contributed by atoms with E-state index in [4.69, 9.17) is 4.74 Å². The number of methoxy groups -OCH3 is 1. The van der Waals surface area contributed by atoms with Crippen molar-refractivity contribution in [2.24, 2.45) is 0 Å². The van der Waals surface area contributed by atoms with E-state index >= 15 is 0 Å². The maximum Gasteiger partial charge on any atom is 0.243 e. The number of nitrogens with zero attached hydrogens (tertiary/aromatic N) is 1. The summed E-state index contributed by atoms with van der Waals surface area (Å²) in [5, 5.41) is 5.38. The quantitative estimate of drug-likeness (QED) is 0.463. The Bertz CT molecular complexity index is 1230. The van der Waals surface area contributed by atoms with Gasteiger partial charge in [0.1, 0.15) is 5.75 Å². The second-order valence-electron chi connectivity index (χ2n) is 7.55. The van der Waals surface area contributed by atoms with Gasteiger partial charge in [0, 0.05) is 31.3 Å². The number of carbonyl (C=O) groups excluding carboxylic acids is 2. The van der Waals surface area contributed by atoms with Crippen molar-refractivity contribution in [2.45, 2.75) is 24.9 Å². The molecule has 0 unspecified atom stereocenters. The first-order valence-corrected chi connectivity index (χ1v) is 12.0. The first-order valence-electron chi connectivity index (χ1n) is 10.6. The fourth-order valence-electron chi connectivity index (χ4n) is 3.33. The molecular weight excluding hydrogens is 454 g/mol. The summed E-state index contributed by atoms with van der Waals surface area (Å²) in [5.41, 5.74) is 2.01. The second kappa shape index (κ2) is 11.4. The van der Waals surface area contributed by atoms with E-state index in [-0.39, 0.29) is 30.4 Å². The molecule has 0 saturated carbocycles. The van der Waals surface area contributed by atoms with E-state index in [0.29, 0.717) is 11.4 Å². The summed E-state index contributed by atoms with van der Waals surface area (Å²) in [6.07, 6.45) is 0. The third kappa shape index (κ3) is 6.66. The number of benzene rings is 3. The molecule has 0 heterocycles. The Kier molecular flexibility index (Phi) is 8.39. The third-order valence-corrected chi connectivity index (χ3v) is 6.81. The molecule has 0 radical (unpaired) electrons. The van der Waals surface area contributed by atoms with E-state index in [1.807, 2.05) is 36.4 Å². The second-order valence-corrected chi connectivity index (χ2v) is 9.49. The lowest BCUT2D eigenvalue weighted by molar-refractivity contribution is -0.121. The van der Waals surface area contributed by atoms with Crippen LogP contribution in [0.15, 0.2) is 83.8 Å². The predicted molar refractivity (Wildman–Crippen MR) is 130 cm³/mol. The highest BCUT2D eigenvalue weighted by Gasteiger charge is 2.27. The minimum Gasteiger partial charge on any atom is -0.496 e. The number of sulfonamides is 1. The van der Waals surface area contributed by atoms with Gasteiger partial charge < -0.3 is 15.4 Å². The normalized spacial score (nSPS) is 11.1. The fraction of sp³-hybridized carbons (Fsp3) is 0.200. The summed E-state index contributed by atoms with van der Waals surface area (Å²) in [7, 11) is -2.45. The average molecular weight is 482 g/mol. The van der Waals surface area contributed by atoms with Crippen molar-refractivity contribution < 1.29 is 22.7 Å². The van der Waals surface area contributed by atoms with Gasteiger partial charge in [0.05, 0.1) is 18.6 Å². The first kappa shape index (κ1) is 24.9. The minimum atomic E-state index is -4.00. The number of ether oxygens (including phenoxy) is 1. The molecular formula is C25H27N3O5S. The molecule has 0 spiro atoms. The molecule has 0 atom stereocenters. The SMILES string of the molecule is COc1ccccc1CNC(=O)CN(Cc1ccccc1)S(=O)(=O)c1ccc(NC(C)=O)cc1. The highest BCUT2D eigenvalue weighted by atomic mass is 32.2. The van der Waals surface area contributed by atoms with Gasteiger partial charge in [-0.05, 0) is 35.9 Å². The third-order valence-electron chi connectivity index (χ3n) is 5.00. The number of amides is 2. The van der Waals surface area contributed by atoms with Gasteiger partial charge in [-0.25, -0.2) is 8.42 Å². The van der Waals surface area contributed by atoms with E-state index in [1.54, 1.807) is 25.3 Å². The maximum atomic E-state index is 13.4. The topological polar surface area (TPSA) is 105 Å². The van der Waals surface area contributed by atoms with Crippen molar-refractivity contribution in [3.63, 3.8) is 0 Å². The molecule has 0 saturated heterocycles. The van der Waals surface area contributed by atoms with Crippen LogP contribution in [0, 0.1) is 0 Å². The number of rotatable bonds is 10. The van der Waals surface area contributed by atoms with Crippen LogP contribution in [-0.4, -0.2) is 38.2 Å². The van der Waals surface area contributed by atoms with E-state index in [1.165, 1.54) is 31.2 Å². The zero-order valence-corrected chi connectivity index (χ0v) is 19.8. The Morgan fingerprint density at radius 2 is 1.56 bits per heavy atom. The first-order chi connectivity index (χ1) is 16.3. The van der Waals surface area contributed by atoms with Crippen molar-refractivity contribution in [3.05, 3.63) is 90.0 Å². The molecule has 0 aliphatic carbocycles. The van der Waals surface area contributed by atoms with Crippen LogP contribution in [0.3, 0.4) is 0 Å². The number of hydrogen-bond acceptors (Lipinski definition) is 5. The van der Waals surface area contributed by atoms with Gasteiger partial charge in [-0.15, -0.1) is 0 Å². The lowest BCUT2D eigenvalue weighted by Crippen LogP contribution is -2.40. The van der Waals surface area contributed by atoms with Crippen LogP contribution in [0.25, 0.3) is 0 Å². The minimum absolute atomic E-state index is 0.0232. The summed E-state index contributed by atoms with van der Waals surface area (Å²) < 4.78 is 33.3. The number of nitrogens with one attached hydrogen (secondary N) is 2. The van der Waals surface area contributed by atoms with E-state index in [9.17, 15) is 18.0 Å². The van der Waals surface area contributed by atoms with Crippen LogP contribution in [0.5, 0.6) is 5.75 Å². The van der Waals surface area contributed by atoms with E-state index in [0.717, 1.165) is 15.4 Å². The molecule has 3 aromatic carbocycles. The van der Waals surface area contributed by atoms with Crippen molar-refractivity contribution in [3.8, 4) is 5.75 Å². The smallest absolute Gasteiger partial charge is 0.243 e. The molecule has 0 aliphatic heterocycles. The highest BCUT2D eigenvalue weighted by molar-refractivity contribution is 7.89. The van der Waals surface area contributed by atoms with Crippen LogP contribution in [-0.2, 0) is 32.7 Å². The van der Waals surface area contributed by atoms with Crippen LogP contribution in [0.4, 0.5) is 5.69 Å². The highest BCUT2D eigenvalue weighted by Crippen LogP contribution is 2.21. The Morgan fingerprint density at radius 3 is 2.21 bits per heavy atom. The summed E-state index contributed by atoms with van der Waals surface area (Å²) in [4.78, 5) is 24.0. The van der Waals surface area contributed by atoms with Crippen LogP contribution in [0.2, 0.25) is 0 Å². The summed E-state index contributed by atoms with van der Waals surface area (Å²) in [5.74, 6) is -0.0656. The van der Waals surface area contributed by atoms with Gasteiger partial charge in [-0.2, -0.15) is 4.31 Å². The van der Waals surface area contributed by atoms with Crippen LogP contribution in [0.1, 0.15) is 18.1 Å². The largest absolute Gasteiger partial charge is 0.496 e. The predicted octanol–water partition coefficient (Wildman–Crippen LogP) is 3.16. The van der Waals surface area contributed by atoms with Gasteiger partial charge >= 0.3 is 0 Å². The van der Waals surface area contributed by atoms with Gasteiger partial charge in [0.15, 0.2) is 0 Å².